The molecule has 10 heteroatoms. The van der Waals surface area contributed by atoms with Gasteiger partial charge >= 0.3 is 17.6 Å². The molecule has 0 bridgehead atoms. The van der Waals surface area contributed by atoms with Gasteiger partial charge in [-0.3, -0.25) is 10.1 Å². The number of esters is 2. The molecule has 1 fully saturated rings. The Morgan fingerprint density at radius 2 is 1.88 bits per heavy atom. The highest BCUT2D eigenvalue weighted by molar-refractivity contribution is 6.15. The highest BCUT2D eigenvalue weighted by atomic mass is 19.1. The van der Waals surface area contributed by atoms with Crippen LogP contribution in [-0.2, 0) is 19.1 Å². The van der Waals surface area contributed by atoms with E-state index in [9.17, 15) is 24.1 Å². The fourth-order valence-corrected chi connectivity index (χ4v) is 1.89. The average Bonchev–Trinajstić information content (AvgIpc) is 2.45. The van der Waals surface area contributed by atoms with E-state index in [-0.39, 0.29) is 11.4 Å². The molecule has 0 aliphatic carbocycles. The standard InChI is InChI=1S/C14H13FN2O7/c1-14(2)23-12(18)7(13(19)24-14)6-16-9-5-10(17(20)21)8(15)4-11(9)22-3/h4-6,16H,1-3H3. The molecule has 0 spiro atoms. The van der Waals surface area contributed by atoms with Gasteiger partial charge in [0.15, 0.2) is 5.57 Å². The van der Waals surface area contributed by atoms with Crippen molar-refractivity contribution in [2.24, 2.45) is 0 Å². The zero-order chi connectivity index (χ0) is 18.1. The molecule has 0 atom stereocenters. The molecular formula is C14H13FN2O7. The predicted molar refractivity (Wildman–Crippen MR) is 77.6 cm³/mol. The monoisotopic (exact) mass is 340 g/mol. The van der Waals surface area contributed by atoms with Crippen molar-refractivity contribution < 1.29 is 33.1 Å². The number of nitrogens with zero attached hydrogens (tertiary/aromatic N) is 1. The lowest BCUT2D eigenvalue weighted by Gasteiger charge is -2.29. The Morgan fingerprint density at radius 3 is 2.38 bits per heavy atom. The van der Waals surface area contributed by atoms with E-state index >= 15 is 0 Å². The van der Waals surface area contributed by atoms with Gasteiger partial charge in [-0.15, -0.1) is 0 Å². The summed E-state index contributed by atoms with van der Waals surface area (Å²) in [6.07, 6.45) is 0.944. The van der Waals surface area contributed by atoms with Gasteiger partial charge in [-0.25, -0.2) is 9.59 Å². The van der Waals surface area contributed by atoms with Gasteiger partial charge in [0.2, 0.25) is 5.82 Å². The fourth-order valence-electron chi connectivity index (χ4n) is 1.89. The molecule has 1 aliphatic heterocycles. The molecule has 0 aromatic heterocycles. The SMILES string of the molecule is COc1cc(F)c([N+](=O)[O-])cc1NC=C1C(=O)OC(C)(C)OC1=O. The molecule has 24 heavy (non-hydrogen) atoms. The minimum absolute atomic E-state index is 0.0245. The lowest BCUT2D eigenvalue weighted by atomic mass is 10.2. The molecule has 0 saturated carbocycles. The third-order valence-corrected chi connectivity index (χ3v) is 2.95. The Kier molecular flexibility index (Phi) is 4.40. The lowest BCUT2D eigenvalue weighted by molar-refractivity contribution is -0.387. The predicted octanol–water partition coefficient (Wildman–Crippen LogP) is 1.87. The Hall–Kier alpha value is -3.17. The number of carbonyl (C=O) groups is 2. The van der Waals surface area contributed by atoms with Crippen molar-refractivity contribution >= 4 is 23.3 Å². The van der Waals surface area contributed by atoms with Gasteiger partial charge in [-0.05, 0) is 0 Å². The van der Waals surface area contributed by atoms with E-state index in [1.165, 1.54) is 21.0 Å². The van der Waals surface area contributed by atoms with E-state index in [4.69, 9.17) is 14.2 Å². The molecule has 1 aromatic rings. The maximum absolute atomic E-state index is 13.6. The number of halogens is 1. The van der Waals surface area contributed by atoms with Crippen molar-refractivity contribution in [2.45, 2.75) is 19.6 Å². The van der Waals surface area contributed by atoms with E-state index in [0.717, 1.165) is 18.3 Å². The summed E-state index contributed by atoms with van der Waals surface area (Å²) in [7, 11) is 1.23. The van der Waals surface area contributed by atoms with Crippen LogP contribution in [0.4, 0.5) is 15.8 Å². The average molecular weight is 340 g/mol. The van der Waals surface area contributed by atoms with Gasteiger partial charge in [-0.2, -0.15) is 4.39 Å². The fraction of sp³-hybridized carbons (Fsp3) is 0.286. The van der Waals surface area contributed by atoms with Gasteiger partial charge in [0.05, 0.1) is 17.7 Å². The molecule has 0 radical (unpaired) electrons. The van der Waals surface area contributed by atoms with Gasteiger partial charge in [0.25, 0.3) is 5.79 Å². The van der Waals surface area contributed by atoms with E-state index in [2.05, 4.69) is 5.32 Å². The number of nitrogens with one attached hydrogen (secondary N) is 1. The molecule has 1 saturated heterocycles. The number of ether oxygens (including phenoxy) is 3. The molecule has 1 heterocycles. The minimum atomic E-state index is -1.39. The Labute approximate surface area is 135 Å². The molecule has 1 N–H and O–H groups in total. The number of methoxy groups -OCH3 is 1. The lowest BCUT2D eigenvalue weighted by Crippen LogP contribution is -2.42. The smallest absolute Gasteiger partial charge is 0.350 e. The van der Waals surface area contributed by atoms with E-state index in [1.807, 2.05) is 0 Å². The van der Waals surface area contributed by atoms with Gasteiger partial charge in [-0.1, -0.05) is 0 Å². The second-order valence-corrected chi connectivity index (χ2v) is 5.14. The summed E-state index contributed by atoms with van der Waals surface area (Å²) in [5.41, 5.74) is -1.28. The molecule has 0 amide bonds. The van der Waals surface area contributed by atoms with Crippen molar-refractivity contribution in [2.75, 3.05) is 12.4 Å². The summed E-state index contributed by atoms with van der Waals surface area (Å²) in [6.45, 7) is 2.78. The zero-order valence-electron chi connectivity index (χ0n) is 12.9. The van der Waals surface area contributed by atoms with Crippen molar-refractivity contribution in [3.8, 4) is 5.75 Å². The van der Waals surface area contributed by atoms with Crippen molar-refractivity contribution in [3.05, 3.63) is 39.8 Å². The molecule has 9 nitrogen and oxygen atoms in total. The number of anilines is 1. The summed E-state index contributed by atoms with van der Waals surface area (Å²) in [6, 6.07) is 1.67. The van der Waals surface area contributed by atoms with Crippen LogP contribution in [-0.4, -0.2) is 29.8 Å². The molecule has 0 unspecified atom stereocenters. The van der Waals surface area contributed by atoms with Crippen LogP contribution in [0.3, 0.4) is 0 Å². The van der Waals surface area contributed by atoms with Crippen molar-refractivity contribution in [3.63, 3.8) is 0 Å². The Morgan fingerprint density at radius 1 is 1.29 bits per heavy atom. The topological polar surface area (TPSA) is 117 Å². The number of hydrogen-bond donors (Lipinski definition) is 1. The van der Waals surface area contributed by atoms with Gasteiger partial charge in [0, 0.05) is 32.2 Å². The van der Waals surface area contributed by atoms with Crippen LogP contribution < -0.4 is 10.1 Å². The third-order valence-electron chi connectivity index (χ3n) is 2.95. The highest BCUT2D eigenvalue weighted by Gasteiger charge is 2.39. The third kappa shape index (κ3) is 3.42. The first-order valence-electron chi connectivity index (χ1n) is 6.60. The number of carbonyl (C=O) groups excluding carboxylic acids is 2. The van der Waals surface area contributed by atoms with Crippen molar-refractivity contribution in [1.29, 1.82) is 0 Å². The molecule has 128 valence electrons. The number of hydrogen-bond acceptors (Lipinski definition) is 8. The molecule has 1 aromatic carbocycles. The first-order valence-corrected chi connectivity index (χ1v) is 6.60. The highest BCUT2D eigenvalue weighted by Crippen LogP contribution is 2.32. The maximum atomic E-state index is 13.6. The zero-order valence-corrected chi connectivity index (χ0v) is 12.9. The normalized spacial score (nSPS) is 16.1. The first-order chi connectivity index (χ1) is 11.1. The van der Waals surface area contributed by atoms with Crippen LogP contribution in [0.25, 0.3) is 0 Å². The second-order valence-electron chi connectivity index (χ2n) is 5.14. The summed E-state index contributed by atoms with van der Waals surface area (Å²) in [5.74, 6) is -4.41. The summed E-state index contributed by atoms with van der Waals surface area (Å²) >= 11 is 0. The van der Waals surface area contributed by atoms with E-state index < -0.39 is 39.7 Å². The van der Waals surface area contributed by atoms with Crippen LogP contribution >= 0.6 is 0 Å². The Bertz CT molecular complexity index is 736. The number of cyclic esters (lactones) is 2. The van der Waals surface area contributed by atoms with Crippen LogP contribution in [0, 0.1) is 15.9 Å². The summed E-state index contributed by atoms with van der Waals surface area (Å²) in [4.78, 5) is 33.5. The van der Waals surface area contributed by atoms with Crippen LogP contribution in [0.2, 0.25) is 0 Å². The minimum Gasteiger partial charge on any atom is -0.494 e. The number of nitro benzene ring substituents is 1. The van der Waals surface area contributed by atoms with Crippen LogP contribution in [0.5, 0.6) is 5.75 Å². The molecule has 2 rings (SSSR count). The van der Waals surface area contributed by atoms with Crippen molar-refractivity contribution in [1.82, 2.24) is 0 Å². The van der Waals surface area contributed by atoms with Crippen LogP contribution in [0.1, 0.15) is 13.8 Å². The Balaban J connectivity index is 2.34. The van der Waals surface area contributed by atoms with Gasteiger partial charge in [0.1, 0.15) is 5.75 Å². The summed E-state index contributed by atoms with van der Waals surface area (Å²) < 4.78 is 28.2. The summed E-state index contributed by atoms with van der Waals surface area (Å²) in [5, 5.41) is 13.3. The first kappa shape index (κ1) is 17.2. The molecule has 1 aliphatic rings. The van der Waals surface area contributed by atoms with E-state index in [1.54, 1.807) is 0 Å². The number of nitro groups is 1. The maximum Gasteiger partial charge on any atom is 0.350 e. The molecular weight excluding hydrogens is 327 g/mol. The largest absolute Gasteiger partial charge is 0.494 e. The number of rotatable bonds is 4. The quantitative estimate of drug-likeness (QED) is 0.290. The van der Waals surface area contributed by atoms with Crippen LogP contribution in [0.15, 0.2) is 23.9 Å². The second kappa shape index (κ2) is 6.14. The van der Waals surface area contributed by atoms with E-state index in [0.29, 0.717) is 0 Å². The number of benzene rings is 1. The van der Waals surface area contributed by atoms with Gasteiger partial charge < -0.3 is 19.5 Å².